The van der Waals surface area contributed by atoms with Crippen molar-refractivity contribution < 1.29 is 17.4 Å². The second-order valence-corrected chi connectivity index (χ2v) is 46.7. The summed E-state index contributed by atoms with van der Waals surface area (Å²) in [7, 11) is 0. The first kappa shape index (κ1) is 36.9. The summed E-state index contributed by atoms with van der Waals surface area (Å²) in [5, 5.41) is 0. The number of benzene rings is 4. The molecule has 4 heteroatoms. The van der Waals surface area contributed by atoms with E-state index in [2.05, 4.69) is 163 Å². The SMILES string of the molecule is CC1=Cc2c(-c3ccccc3C)cc(C)cc2[CH]1[Zr]([CH3])([CH3])(=[SiH2])[CH]1C(C(C)C)=Cc2c(-c3ccc(C(C)(C)C)cc3)cccc21.Cl.Cl. The molecule has 0 radical (unpaired) electrons. The van der Waals surface area contributed by atoms with E-state index in [4.69, 9.17) is 0 Å². The first-order valence-electron chi connectivity index (χ1n) is 16.5. The van der Waals surface area contributed by atoms with Gasteiger partial charge in [-0.05, 0) is 0 Å². The van der Waals surface area contributed by atoms with E-state index in [1.54, 1.807) is 22.3 Å². The molecule has 46 heavy (non-hydrogen) atoms. The second kappa shape index (κ2) is 12.8. The van der Waals surface area contributed by atoms with Crippen molar-refractivity contribution in [2.45, 2.75) is 77.3 Å². The molecule has 2 aliphatic carbocycles. The zero-order valence-electron chi connectivity index (χ0n) is 29.4. The van der Waals surface area contributed by atoms with Gasteiger partial charge in [-0.3, -0.25) is 0 Å². The summed E-state index contributed by atoms with van der Waals surface area (Å²) in [6.45, 7) is 21.2. The first-order valence-corrected chi connectivity index (χ1v) is 30.2. The number of hydrogen-bond acceptors (Lipinski definition) is 0. The molecule has 0 saturated carbocycles. The van der Waals surface area contributed by atoms with Gasteiger partial charge in [-0.2, -0.15) is 0 Å². The Morgan fingerprint density at radius 2 is 1.28 bits per heavy atom. The quantitative estimate of drug-likeness (QED) is 0.178. The van der Waals surface area contributed by atoms with Gasteiger partial charge in [-0.25, -0.2) is 0 Å². The third-order valence-electron chi connectivity index (χ3n) is 10.7. The second-order valence-electron chi connectivity index (χ2n) is 16.3. The van der Waals surface area contributed by atoms with Crippen LogP contribution in [0, 0.1) is 19.8 Å². The summed E-state index contributed by atoms with van der Waals surface area (Å²) in [5.41, 5.74) is 19.0. The van der Waals surface area contributed by atoms with Crippen molar-refractivity contribution in [3.63, 3.8) is 0 Å². The van der Waals surface area contributed by atoms with E-state index in [1.807, 2.05) is 0 Å². The Morgan fingerprint density at radius 3 is 1.89 bits per heavy atom. The van der Waals surface area contributed by atoms with Crippen molar-refractivity contribution in [2.24, 2.45) is 5.92 Å². The molecule has 0 nitrogen and oxygen atoms in total. The monoisotopic (exact) mass is 744 g/mol. The number of hydrogen-bond donors (Lipinski definition) is 0. The van der Waals surface area contributed by atoms with Crippen LogP contribution in [0.2, 0.25) is 9.26 Å². The Hall–Kier alpha value is -1.96. The fraction of sp³-hybridized carbons (Fsp3) is 0.333. The molecule has 2 unspecified atom stereocenters. The molecule has 0 bridgehead atoms. The summed E-state index contributed by atoms with van der Waals surface area (Å²) in [6, 6.07) is 30.4. The van der Waals surface area contributed by atoms with Crippen molar-refractivity contribution in [1.82, 2.24) is 0 Å². The van der Waals surface area contributed by atoms with Crippen LogP contribution in [0.5, 0.6) is 0 Å². The van der Waals surface area contributed by atoms with Crippen LogP contribution in [0.25, 0.3) is 34.4 Å². The van der Waals surface area contributed by atoms with Gasteiger partial charge >= 0.3 is 271 Å². The number of fused-ring (bicyclic) bond motifs is 2. The fourth-order valence-electron chi connectivity index (χ4n) is 8.69. The van der Waals surface area contributed by atoms with Gasteiger partial charge in [-0.1, -0.05) is 0 Å². The molecule has 0 saturated heterocycles. The summed E-state index contributed by atoms with van der Waals surface area (Å²) >= 11 is -3.67. The molecule has 6 rings (SSSR count). The Morgan fingerprint density at radius 1 is 0.674 bits per heavy atom. The smallest absolute Gasteiger partial charge is 0.147 e. The number of allylic oxidation sites excluding steroid dienone is 2. The Balaban J connectivity index is 0.00000240. The maximum Gasteiger partial charge on any atom is -0.147 e. The van der Waals surface area contributed by atoms with Gasteiger partial charge in [0.05, 0.1) is 0 Å². The summed E-state index contributed by atoms with van der Waals surface area (Å²) in [6.07, 6.45) is 5.16. The fourth-order valence-corrected chi connectivity index (χ4v) is 29.2. The van der Waals surface area contributed by atoms with Crippen LogP contribution in [0.4, 0.5) is 0 Å². The molecular weight excluding hydrogens is 695 g/mol. The van der Waals surface area contributed by atoms with Crippen molar-refractivity contribution in [3.05, 3.63) is 129 Å². The minimum Gasteiger partial charge on any atom is -0.147 e. The predicted molar refractivity (Wildman–Crippen MR) is 209 cm³/mol. The molecule has 0 heterocycles. The van der Waals surface area contributed by atoms with E-state index >= 15 is 0 Å². The van der Waals surface area contributed by atoms with Crippen LogP contribution < -0.4 is 0 Å². The Labute approximate surface area is 293 Å². The van der Waals surface area contributed by atoms with Crippen LogP contribution in [0.15, 0.2) is 90.0 Å². The maximum absolute atomic E-state index is 3.67. The zero-order chi connectivity index (χ0) is 31.8. The van der Waals surface area contributed by atoms with Gasteiger partial charge < -0.3 is 0 Å². The molecular formula is C42H52Cl2SiZr. The largest absolute Gasteiger partial charge is 0.147 e. The van der Waals surface area contributed by atoms with Crippen molar-refractivity contribution in [3.8, 4) is 22.3 Å². The van der Waals surface area contributed by atoms with Crippen molar-refractivity contribution >= 4 is 43.8 Å². The molecule has 0 aromatic heterocycles. The molecule has 0 aliphatic heterocycles. The van der Waals surface area contributed by atoms with Crippen LogP contribution in [-0.2, 0) is 22.8 Å². The van der Waals surface area contributed by atoms with E-state index in [9.17, 15) is 0 Å². The van der Waals surface area contributed by atoms with Gasteiger partial charge in [0, 0.05) is 0 Å². The van der Waals surface area contributed by atoms with E-state index < -0.39 is 17.4 Å². The molecule has 0 fully saturated rings. The Bertz CT molecular complexity index is 1930. The van der Waals surface area contributed by atoms with Gasteiger partial charge in [0.25, 0.3) is 0 Å². The van der Waals surface area contributed by atoms with Crippen LogP contribution in [0.1, 0.15) is 87.7 Å². The minimum atomic E-state index is -3.67. The molecule has 0 spiro atoms. The molecule has 2 aliphatic rings. The van der Waals surface area contributed by atoms with Crippen molar-refractivity contribution in [2.75, 3.05) is 0 Å². The van der Waals surface area contributed by atoms with Gasteiger partial charge in [0.15, 0.2) is 0 Å². The number of aryl methyl sites for hydroxylation is 2. The minimum absolute atomic E-state index is 0. The average Bonchev–Trinajstić information content (AvgIpc) is 3.51. The van der Waals surface area contributed by atoms with E-state index in [0.717, 1.165) is 0 Å². The number of rotatable bonds is 5. The number of halogens is 2. The first-order chi connectivity index (χ1) is 20.6. The normalized spacial score (nSPS) is 17.5. The van der Waals surface area contributed by atoms with Gasteiger partial charge in [-0.15, -0.1) is 24.8 Å². The predicted octanol–water partition coefficient (Wildman–Crippen LogP) is 12.4. The molecule has 0 N–H and O–H groups in total. The molecule has 242 valence electrons. The van der Waals surface area contributed by atoms with Crippen LogP contribution in [-0.4, -0.2) is 6.88 Å². The Kier molecular flexibility index (Phi) is 10.3. The summed E-state index contributed by atoms with van der Waals surface area (Å²) < 4.78 is 6.57. The molecule has 0 amide bonds. The van der Waals surface area contributed by atoms with Crippen LogP contribution >= 0.6 is 24.8 Å². The average molecular weight is 747 g/mol. The van der Waals surface area contributed by atoms with Gasteiger partial charge in [0.1, 0.15) is 0 Å². The van der Waals surface area contributed by atoms with E-state index in [0.29, 0.717) is 13.2 Å². The molecule has 2 atom stereocenters. The van der Waals surface area contributed by atoms with E-state index in [-0.39, 0.29) is 30.2 Å². The summed E-state index contributed by atoms with van der Waals surface area (Å²) in [5.74, 6) is 0.506. The third-order valence-corrected chi connectivity index (χ3v) is 28.3. The van der Waals surface area contributed by atoms with Crippen LogP contribution in [0.3, 0.4) is 0 Å². The maximum atomic E-state index is 2.77. The summed E-state index contributed by atoms with van der Waals surface area (Å²) in [4.78, 5) is 0. The molecule has 4 aromatic rings. The zero-order valence-corrected chi connectivity index (χ0v) is 34.9. The standard InChI is InChI=1S/C22H25.C18H17.2CH3.2ClH.H2Si.Zr/c1-15(2)18-13-17-7-6-8-20(21(17)14-18)16-9-11-19(12-10-16)22(3,4)5;1-12-8-15-9-13(2)11-18(17(15)10-12)16-7-5-4-6-14(16)3;;;;;;/h6-15H,1-5H3;4-11H,1-3H3;2*1H3;2*1H;1H2;. The van der Waals surface area contributed by atoms with Crippen molar-refractivity contribution in [1.29, 1.82) is 0 Å². The van der Waals surface area contributed by atoms with E-state index in [1.165, 1.54) is 50.1 Å². The molecule has 4 aromatic carbocycles. The topological polar surface area (TPSA) is 0 Å². The third kappa shape index (κ3) is 6.18. The van der Waals surface area contributed by atoms with Gasteiger partial charge in [0.2, 0.25) is 0 Å².